The van der Waals surface area contributed by atoms with E-state index in [2.05, 4.69) is 0 Å². The van der Waals surface area contributed by atoms with Gasteiger partial charge in [-0.1, -0.05) is 0 Å². The van der Waals surface area contributed by atoms with Crippen LogP contribution in [0.25, 0.3) is 0 Å². The molecule has 0 saturated heterocycles. The molecule has 2 nitrogen and oxygen atoms in total. The van der Waals surface area contributed by atoms with Gasteiger partial charge in [0.15, 0.2) is 0 Å². The summed E-state index contributed by atoms with van der Waals surface area (Å²) < 4.78 is 5.39. The molecule has 0 spiro atoms. The number of methoxy groups -OCH3 is 1. The van der Waals surface area contributed by atoms with Gasteiger partial charge in [0, 0.05) is 19.6 Å². The fourth-order valence-corrected chi connectivity index (χ4v) is 2.98. The van der Waals surface area contributed by atoms with Gasteiger partial charge < -0.3 is 9.84 Å². The van der Waals surface area contributed by atoms with Crippen LogP contribution >= 0.6 is 0 Å². The Morgan fingerprint density at radius 2 is 2.09 bits per heavy atom. The van der Waals surface area contributed by atoms with Crippen LogP contribution in [0.15, 0.2) is 0 Å². The molecule has 4 atom stereocenters. The number of hydrogen-bond donors (Lipinski definition) is 1. The van der Waals surface area contributed by atoms with Crippen molar-refractivity contribution in [3.8, 4) is 0 Å². The quantitative estimate of drug-likeness (QED) is 0.647. The van der Waals surface area contributed by atoms with Crippen LogP contribution in [0.4, 0.5) is 0 Å². The number of aliphatic hydroxyl groups excluding tert-OH is 1. The van der Waals surface area contributed by atoms with E-state index in [1.54, 1.807) is 7.11 Å². The van der Waals surface area contributed by atoms with Crippen molar-refractivity contribution in [3.63, 3.8) is 0 Å². The number of aliphatic hydroxyl groups is 1. The summed E-state index contributed by atoms with van der Waals surface area (Å²) in [5.74, 6) is 1.95. The maximum atomic E-state index is 9.11. The topological polar surface area (TPSA) is 29.5 Å². The fourth-order valence-electron chi connectivity index (χ4n) is 2.98. The second-order valence-corrected chi connectivity index (χ2v) is 3.88. The van der Waals surface area contributed by atoms with Gasteiger partial charge in [-0.05, 0) is 31.1 Å². The molecule has 2 fully saturated rings. The molecule has 1 N–H and O–H groups in total. The highest BCUT2D eigenvalue weighted by Crippen LogP contribution is 2.49. The maximum absolute atomic E-state index is 9.11. The molecule has 0 aromatic carbocycles. The van der Waals surface area contributed by atoms with Crippen molar-refractivity contribution in [1.29, 1.82) is 0 Å². The van der Waals surface area contributed by atoms with Crippen molar-refractivity contribution in [3.05, 3.63) is 0 Å². The van der Waals surface area contributed by atoms with Gasteiger partial charge in [-0.15, -0.1) is 0 Å². The third kappa shape index (κ3) is 1.00. The Labute approximate surface area is 67.6 Å². The predicted molar refractivity (Wildman–Crippen MR) is 42.2 cm³/mol. The van der Waals surface area contributed by atoms with E-state index in [4.69, 9.17) is 9.84 Å². The molecule has 0 aromatic heterocycles. The lowest BCUT2D eigenvalue weighted by Gasteiger charge is -2.28. The number of rotatable bonds is 2. The lowest BCUT2D eigenvalue weighted by atomic mass is 9.87. The Morgan fingerprint density at radius 1 is 1.36 bits per heavy atom. The summed E-state index contributed by atoms with van der Waals surface area (Å²) in [6, 6.07) is 0. The SMILES string of the molecule is CO[C@@H]1[C@H]2CC[C@H](C2)[C@@H]1CO. The summed E-state index contributed by atoms with van der Waals surface area (Å²) in [6.07, 6.45) is 4.29. The minimum atomic E-state index is 0.319. The van der Waals surface area contributed by atoms with Crippen LogP contribution in [0.3, 0.4) is 0 Å². The normalized spacial score (nSPS) is 48.5. The van der Waals surface area contributed by atoms with E-state index in [1.807, 2.05) is 0 Å². The van der Waals surface area contributed by atoms with Crippen molar-refractivity contribution in [2.75, 3.05) is 13.7 Å². The largest absolute Gasteiger partial charge is 0.396 e. The second kappa shape index (κ2) is 2.76. The minimum Gasteiger partial charge on any atom is -0.396 e. The van der Waals surface area contributed by atoms with Crippen LogP contribution in [0.5, 0.6) is 0 Å². The lowest BCUT2D eigenvalue weighted by Crippen LogP contribution is -2.31. The molecule has 2 bridgehead atoms. The summed E-state index contributed by atoms with van der Waals surface area (Å²) in [7, 11) is 1.77. The summed E-state index contributed by atoms with van der Waals surface area (Å²) in [5, 5.41) is 9.11. The molecular weight excluding hydrogens is 140 g/mol. The Morgan fingerprint density at radius 3 is 2.64 bits per heavy atom. The summed E-state index contributed by atoms with van der Waals surface area (Å²) >= 11 is 0. The molecule has 2 aliphatic carbocycles. The molecule has 11 heavy (non-hydrogen) atoms. The van der Waals surface area contributed by atoms with E-state index in [0.717, 1.165) is 11.8 Å². The van der Waals surface area contributed by atoms with Crippen molar-refractivity contribution in [2.45, 2.75) is 25.4 Å². The van der Waals surface area contributed by atoms with Gasteiger partial charge in [0.25, 0.3) is 0 Å². The predicted octanol–water partition coefficient (Wildman–Crippen LogP) is 1.04. The highest BCUT2D eigenvalue weighted by Gasteiger charge is 2.47. The fraction of sp³-hybridized carbons (Fsp3) is 1.00. The van der Waals surface area contributed by atoms with Crippen LogP contribution in [0.2, 0.25) is 0 Å². The maximum Gasteiger partial charge on any atom is 0.0652 e. The highest BCUT2D eigenvalue weighted by molar-refractivity contribution is 4.96. The standard InChI is InChI=1S/C9H16O2/c1-11-9-7-3-2-6(4-7)8(9)5-10/h6-10H,2-5H2,1H3/t6-,7+,8+,9-/m1/s1. The average Bonchev–Trinajstić information content (AvgIpc) is 2.60. The van der Waals surface area contributed by atoms with Crippen LogP contribution in [-0.2, 0) is 4.74 Å². The van der Waals surface area contributed by atoms with E-state index in [9.17, 15) is 0 Å². The van der Waals surface area contributed by atoms with Gasteiger partial charge in [-0.2, -0.15) is 0 Å². The van der Waals surface area contributed by atoms with Crippen LogP contribution in [0.1, 0.15) is 19.3 Å². The van der Waals surface area contributed by atoms with Gasteiger partial charge in [0.1, 0.15) is 0 Å². The van der Waals surface area contributed by atoms with Gasteiger partial charge in [0.2, 0.25) is 0 Å². The highest BCUT2D eigenvalue weighted by atomic mass is 16.5. The molecule has 2 rings (SSSR count). The van der Waals surface area contributed by atoms with Crippen molar-refractivity contribution < 1.29 is 9.84 Å². The Kier molecular flexibility index (Phi) is 1.90. The van der Waals surface area contributed by atoms with E-state index in [0.29, 0.717) is 18.6 Å². The van der Waals surface area contributed by atoms with Crippen molar-refractivity contribution in [1.82, 2.24) is 0 Å². The van der Waals surface area contributed by atoms with Gasteiger partial charge in [0.05, 0.1) is 6.10 Å². The third-order valence-electron chi connectivity index (χ3n) is 3.49. The van der Waals surface area contributed by atoms with Crippen LogP contribution in [0, 0.1) is 17.8 Å². The van der Waals surface area contributed by atoms with Gasteiger partial charge in [-0.3, -0.25) is 0 Å². The molecule has 0 aromatic rings. The van der Waals surface area contributed by atoms with E-state index >= 15 is 0 Å². The van der Waals surface area contributed by atoms with E-state index in [-0.39, 0.29) is 0 Å². The molecule has 0 amide bonds. The molecular formula is C9H16O2. The van der Waals surface area contributed by atoms with E-state index in [1.165, 1.54) is 19.3 Å². The first-order valence-corrected chi connectivity index (χ1v) is 4.50. The number of hydrogen-bond acceptors (Lipinski definition) is 2. The molecule has 0 radical (unpaired) electrons. The summed E-state index contributed by atoms with van der Waals surface area (Å²) in [6.45, 7) is 0.319. The summed E-state index contributed by atoms with van der Waals surface area (Å²) in [4.78, 5) is 0. The third-order valence-corrected chi connectivity index (χ3v) is 3.49. The molecule has 64 valence electrons. The molecule has 2 aliphatic rings. The first kappa shape index (κ1) is 7.56. The first-order valence-electron chi connectivity index (χ1n) is 4.50. The molecule has 2 heteroatoms. The molecule has 2 saturated carbocycles. The zero-order chi connectivity index (χ0) is 7.84. The van der Waals surface area contributed by atoms with Crippen LogP contribution in [-0.4, -0.2) is 24.9 Å². The zero-order valence-corrected chi connectivity index (χ0v) is 6.99. The Balaban J connectivity index is 2.08. The molecule has 0 unspecified atom stereocenters. The lowest BCUT2D eigenvalue weighted by molar-refractivity contribution is -0.00752. The van der Waals surface area contributed by atoms with Crippen molar-refractivity contribution in [2.24, 2.45) is 17.8 Å². The van der Waals surface area contributed by atoms with E-state index < -0.39 is 0 Å². The first-order chi connectivity index (χ1) is 5.36. The number of ether oxygens (including phenoxy) is 1. The molecule has 0 heterocycles. The summed E-state index contributed by atoms with van der Waals surface area (Å²) in [5.41, 5.74) is 0. The number of fused-ring (bicyclic) bond motifs is 2. The smallest absolute Gasteiger partial charge is 0.0652 e. The van der Waals surface area contributed by atoms with Gasteiger partial charge in [-0.25, -0.2) is 0 Å². The molecule has 0 aliphatic heterocycles. The average molecular weight is 156 g/mol. The second-order valence-electron chi connectivity index (χ2n) is 3.88. The Bertz CT molecular complexity index is 130. The minimum absolute atomic E-state index is 0.319. The monoisotopic (exact) mass is 156 g/mol. The zero-order valence-electron chi connectivity index (χ0n) is 6.99. The van der Waals surface area contributed by atoms with Crippen molar-refractivity contribution >= 4 is 0 Å². The van der Waals surface area contributed by atoms with Gasteiger partial charge >= 0.3 is 0 Å². The van der Waals surface area contributed by atoms with Crippen LogP contribution < -0.4 is 0 Å². The Hall–Kier alpha value is -0.0800.